The predicted octanol–water partition coefficient (Wildman–Crippen LogP) is 4.80. The van der Waals surface area contributed by atoms with Crippen LogP contribution in [0.4, 0.5) is 32.0 Å². The standard InChI is InChI=1S/C13H6ClF6NO4S2/c14-8-4-3-7(6-9(8)25-27(23,24)13(18,19)20)21(12(15,16)17)11(22)10-2-1-5-26-10/h1-6H. The van der Waals surface area contributed by atoms with Gasteiger partial charge >= 0.3 is 21.9 Å². The van der Waals surface area contributed by atoms with Crippen LogP contribution in [0, 0.1) is 0 Å². The molecular formula is C13H6ClF6NO4S2. The van der Waals surface area contributed by atoms with Gasteiger partial charge in [0.2, 0.25) is 0 Å². The zero-order valence-corrected chi connectivity index (χ0v) is 14.9. The van der Waals surface area contributed by atoms with Crippen LogP contribution in [0.15, 0.2) is 35.7 Å². The highest BCUT2D eigenvalue weighted by Crippen LogP contribution is 2.38. The van der Waals surface area contributed by atoms with Crippen molar-refractivity contribution in [2.24, 2.45) is 0 Å². The molecule has 2 rings (SSSR count). The Morgan fingerprint density at radius 3 is 2.22 bits per heavy atom. The first-order valence-electron chi connectivity index (χ1n) is 6.49. The molecule has 1 heterocycles. The van der Waals surface area contributed by atoms with Crippen molar-refractivity contribution < 1.29 is 43.7 Å². The molecule has 0 fully saturated rings. The highest BCUT2D eigenvalue weighted by atomic mass is 35.5. The van der Waals surface area contributed by atoms with E-state index in [0.29, 0.717) is 23.5 Å². The van der Waals surface area contributed by atoms with Crippen LogP contribution >= 0.6 is 22.9 Å². The van der Waals surface area contributed by atoms with Gasteiger partial charge in [0.1, 0.15) is 0 Å². The second-order valence-electron chi connectivity index (χ2n) is 4.68. The molecule has 1 amide bonds. The molecule has 0 saturated carbocycles. The predicted molar refractivity (Wildman–Crippen MR) is 84.2 cm³/mol. The molecule has 0 bridgehead atoms. The number of hydrogen-bond acceptors (Lipinski definition) is 5. The van der Waals surface area contributed by atoms with Crippen LogP contribution < -0.4 is 9.08 Å². The summed E-state index contributed by atoms with van der Waals surface area (Å²) in [4.78, 5) is 11.1. The van der Waals surface area contributed by atoms with Gasteiger partial charge in [-0.1, -0.05) is 17.7 Å². The van der Waals surface area contributed by atoms with E-state index in [4.69, 9.17) is 11.6 Å². The largest absolute Gasteiger partial charge is 0.534 e. The van der Waals surface area contributed by atoms with Gasteiger partial charge < -0.3 is 4.18 Å². The van der Waals surface area contributed by atoms with Gasteiger partial charge in [-0.15, -0.1) is 24.5 Å². The monoisotopic (exact) mass is 453 g/mol. The van der Waals surface area contributed by atoms with E-state index in [9.17, 15) is 39.6 Å². The number of amides is 1. The molecule has 0 radical (unpaired) electrons. The molecule has 148 valence electrons. The SMILES string of the molecule is O=C(c1cccs1)N(c1ccc(Cl)c(OS(=O)(=O)C(F)(F)F)c1)C(F)(F)F. The lowest BCUT2D eigenvalue weighted by Gasteiger charge is -2.25. The van der Waals surface area contributed by atoms with Crippen molar-refractivity contribution in [1.29, 1.82) is 0 Å². The zero-order valence-electron chi connectivity index (χ0n) is 12.5. The minimum atomic E-state index is -6.18. The lowest BCUT2D eigenvalue weighted by Crippen LogP contribution is -2.42. The van der Waals surface area contributed by atoms with E-state index in [1.807, 2.05) is 0 Å². The first kappa shape index (κ1) is 21.3. The minimum Gasteiger partial charge on any atom is -0.374 e. The number of halogens is 7. The Labute approximate surface area is 156 Å². The zero-order chi connectivity index (χ0) is 20.6. The molecule has 0 aliphatic heterocycles. The number of thiophene rings is 1. The molecule has 0 saturated heterocycles. The summed E-state index contributed by atoms with van der Waals surface area (Å²) >= 11 is 6.21. The summed E-state index contributed by atoms with van der Waals surface area (Å²) in [7, 11) is -6.18. The molecule has 1 aromatic heterocycles. The summed E-state index contributed by atoms with van der Waals surface area (Å²) < 4.78 is 103. The molecule has 0 spiro atoms. The molecule has 0 N–H and O–H groups in total. The maximum Gasteiger partial charge on any atom is 0.534 e. The fourth-order valence-corrected chi connectivity index (χ4v) is 3.07. The van der Waals surface area contributed by atoms with Gasteiger partial charge in [0.25, 0.3) is 5.91 Å². The Morgan fingerprint density at radius 1 is 1.11 bits per heavy atom. The van der Waals surface area contributed by atoms with Crippen LogP contribution in [0.5, 0.6) is 5.75 Å². The van der Waals surface area contributed by atoms with Crippen LogP contribution in [-0.4, -0.2) is 26.1 Å². The van der Waals surface area contributed by atoms with Gasteiger partial charge in [-0.05, 0) is 23.6 Å². The lowest BCUT2D eigenvalue weighted by molar-refractivity contribution is -0.122. The third-order valence-electron chi connectivity index (χ3n) is 2.84. The molecular weight excluding hydrogens is 448 g/mol. The number of benzene rings is 1. The van der Waals surface area contributed by atoms with Gasteiger partial charge in [0.15, 0.2) is 5.75 Å². The summed E-state index contributed by atoms with van der Waals surface area (Å²) in [6.07, 6.45) is -5.27. The van der Waals surface area contributed by atoms with Crippen molar-refractivity contribution in [2.45, 2.75) is 11.8 Å². The van der Waals surface area contributed by atoms with Gasteiger partial charge in [0.05, 0.1) is 15.6 Å². The van der Waals surface area contributed by atoms with Gasteiger partial charge in [-0.3, -0.25) is 4.79 Å². The highest BCUT2D eigenvalue weighted by molar-refractivity contribution is 7.88. The quantitative estimate of drug-likeness (QED) is 0.289. The first-order valence-corrected chi connectivity index (χ1v) is 9.16. The van der Waals surface area contributed by atoms with Crippen molar-refractivity contribution in [2.75, 3.05) is 4.90 Å². The Balaban J connectivity index is 2.52. The van der Waals surface area contributed by atoms with Gasteiger partial charge in [-0.2, -0.15) is 21.6 Å². The highest BCUT2D eigenvalue weighted by Gasteiger charge is 2.49. The van der Waals surface area contributed by atoms with E-state index in [1.54, 1.807) is 0 Å². The minimum absolute atomic E-state index is 0.268. The van der Waals surface area contributed by atoms with Crippen LogP contribution in [0.25, 0.3) is 0 Å². The molecule has 2 aromatic rings. The summed E-state index contributed by atoms with van der Waals surface area (Å²) in [5, 5.41) is 0.631. The lowest BCUT2D eigenvalue weighted by atomic mass is 10.2. The van der Waals surface area contributed by atoms with Crippen molar-refractivity contribution in [1.82, 2.24) is 0 Å². The molecule has 0 unspecified atom stereocenters. The molecule has 0 atom stereocenters. The average Bonchev–Trinajstić information content (AvgIpc) is 3.02. The van der Waals surface area contributed by atoms with E-state index in [0.717, 1.165) is 6.07 Å². The van der Waals surface area contributed by atoms with Crippen molar-refractivity contribution in [3.05, 3.63) is 45.6 Å². The fraction of sp³-hybridized carbons (Fsp3) is 0.154. The van der Waals surface area contributed by atoms with Crippen LogP contribution in [0.3, 0.4) is 0 Å². The average molecular weight is 454 g/mol. The Kier molecular flexibility index (Phi) is 5.69. The summed E-state index contributed by atoms with van der Waals surface area (Å²) in [6.45, 7) is 0. The topological polar surface area (TPSA) is 63.7 Å². The second kappa shape index (κ2) is 7.20. The van der Waals surface area contributed by atoms with E-state index < -0.39 is 49.2 Å². The molecule has 5 nitrogen and oxygen atoms in total. The van der Waals surface area contributed by atoms with E-state index in [-0.39, 0.29) is 10.9 Å². The van der Waals surface area contributed by atoms with Crippen LogP contribution in [0.1, 0.15) is 9.67 Å². The van der Waals surface area contributed by atoms with Crippen LogP contribution in [-0.2, 0) is 10.1 Å². The molecule has 1 aromatic carbocycles. The summed E-state index contributed by atoms with van der Waals surface area (Å²) in [5.41, 5.74) is -6.82. The molecule has 27 heavy (non-hydrogen) atoms. The summed E-state index contributed by atoms with van der Waals surface area (Å²) in [6, 6.07) is 4.03. The molecule has 0 aliphatic carbocycles. The maximum absolute atomic E-state index is 13.3. The number of anilines is 1. The molecule has 0 aliphatic rings. The molecule has 14 heteroatoms. The van der Waals surface area contributed by atoms with E-state index in [1.165, 1.54) is 11.4 Å². The Bertz CT molecular complexity index is 941. The van der Waals surface area contributed by atoms with Gasteiger partial charge in [-0.25, -0.2) is 4.90 Å². The number of carbonyl (C=O) groups excluding carboxylic acids is 1. The fourth-order valence-electron chi connectivity index (χ4n) is 1.75. The van der Waals surface area contributed by atoms with Crippen molar-refractivity contribution in [3.63, 3.8) is 0 Å². The maximum atomic E-state index is 13.3. The van der Waals surface area contributed by atoms with Crippen molar-refractivity contribution in [3.8, 4) is 5.75 Å². The van der Waals surface area contributed by atoms with E-state index in [2.05, 4.69) is 4.18 Å². The summed E-state index contributed by atoms with van der Waals surface area (Å²) in [5.74, 6) is -2.75. The van der Waals surface area contributed by atoms with E-state index >= 15 is 0 Å². The number of rotatable bonds is 4. The number of alkyl halides is 6. The number of nitrogens with zero attached hydrogens (tertiary/aromatic N) is 1. The second-order valence-corrected chi connectivity index (χ2v) is 7.58. The first-order chi connectivity index (χ1) is 12.2. The smallest absolute Gasteiger partial charge is 0.374 e. The Hall–Kier alpha value is -1.99. The van der Waals surface area contributed by atoms with Crippen molar-refractivity contribution >= 4 is 44.7 Å². The number of carbonyl (C=O) groups is 1. The number of hydrogen-bond donors (Lipinski definition) is 0. The van der Waals surface area contributed by atoms with Gasteiger partial charge in [0, 0.05) is 6.07 Å². The third kappa shape index (κ3) is 4.65. The van der Waals surface area contributed by atoms with Crippen LogP contribution in [0.2, 0.25) is 5.02 Å². The Morgan fingerprint density at radius 2 is 1.74 bits per heavy atom. The third-order valence-corrected chi connectivity index (χ3v) is 4.98. The normalized spacial score (nSPS) is 12.7.